The van der Waals surface area contributed by atoms with Crippen molar-refractivity contribution in [2.24, 2.45) is 0 Å². The Kier molecular flexibility index (Phi) is 7.50. The van der Waals surface area contributed by atoms with E-state index in [-0.39, 0.29) is 30.9 Å². The lowest BCUT2D eigenvalue weighted by Crippen LogP contribution is -2.43. The number of ether oxygens (including phenoxy) is 3. The molecule has 0 fully saturated rings. The van der Waals surface area contributed by atoms with Gasteiger partial charge in [0.15, 0.2) is 18.1 Å². The molecule has 0 bridgehead atoms. The van der Waals surface area contributed by atoms with Gasteiger partial charge in [0.25, 0.3) is 5.91 Å². The van der Waals surface area contributed by atoms with Gasteiger partial charge in [-0.25, -0.2) is 0 Å². The van der Waals surface area contributed by atoms with Gasteiger partial charge in [0.05, 0.1) is 19.9 Å². The SMILES string of the molecule is COc1ccc(/C=C/C(=O)Nc2ccc3c(c2)N(CC(=O)Nc2ccccc2)C(=O)CO3)cc1OC. The third-order valence-electron chi connectivity index (χ3n) is 5.36. The lowest BCUT2D eigenvalue weighted by atomic mass is 10.1. The molecular weight excluding hydrogens is 462 g/mol. The number of carbonyl (C=O) groups is 3. The summed E-state index contributed by atoms with van der Waals surface area (Å²) >= 11 is 0. The zero-order valence-corrected chi connectivity index (χ0v) is 19.8. The number of benzene rings is 3. The largest absolute Gasteiger partial charge is 0.493 e. The fourth-order valence-corrected chi connectivity index (χ4v) is 3.63. The number of nitrogens with one attached hydrogen (secondary N) is 2. The molecule has 0 unspecified atom stereocenters. The van der Waals surface area contributed by atoms with Crippen LogP contribution in [0.3, 0.4) is 0 Å². The van der Waals surface area contributed by atoms with Crippen molar-refractivity contribution in [1.29, 1.82) is 0 Å². The van der Waals surface area contributed by atoms with Crippen molar-refractivity contribution in [3.63, 3.8) is 0 Å². The summed E-state index contributed by atoms with van der Waals surface area (Å²) in [5.74, 6) is 0.502. The first-order chi connectivity index (χ1) is 17.5. The number of nitrogens with zero attached hydrogens (tertiary/aromatic N) is 1. The monoisotopic (exact) mass is 487 g/mol. The maximum atomic E-state index is 12.6. The third-order valence-corrected chi connectivity index (χ3v) is 5.36. The molecule has 3 aromatic carbocycles. The van der Waals surface area contributed by atoms with Crippen molar-refractivity contribution in [1.82, 2.24) is 0 Å². The van der Waals surface area contributed by atoms with Gasteiger partial charge in [-0.3, -0.25) is 19.3 Å². The fraction of sp³-hybridized carbons (Fsp3) is 0.148. The second-order valence-corrected chi connectivity index (χ2v) is 7.80. The highest BCUT2D eigenvalue weighted by Crippen LogP contribution is 2.34. The Labute approximate surface area is 208 Å². The van der Waals surface area contributed by atoms with Crippen molar-refractivity contribution in [3.8, 4) is 17.2 Å². The summed E-state index contributed by atoms with van der Waals surface area (Å²) in [7, 11) is 3.09. The summed E-state index contributed by atoms with van der Waals surface area (Å²) in [6, 6.07) is 19.2. The number of para-hydroxylation sites is 1. The molecule has 0 radical (unpaired) electrons. The predicted octanol–water partition coefficient (Wildman–Crippen LogP) is 3.72. The number of fused-ring (bicyclic) bond motifs is 1. The van der Waals surface area contributed by atoms with Crippen LogP contribution in [-0.2, 0) is 14.4 Å². The maximum Gasteiger partial charge on any atom is 0.265 e. The molecule has 184 valence electrons. The van der Waals surface area contributed by atoms with E-state index in [0.717, 1.165) is 5.56 Å². The Morgan fingerprint density at radius 3 is 2.47 bits per heavy atom. The Morgan fingerprint density at radius 1 is 0.944 bits per heavy atom. The van der Waals surface area contributed by atoms with E-state index in [1.807, 2.05) is 6.07 Å². The zero-order chi connectivity index (χ0) is 25.5. The summed E-state index contributed by atoms with van der Waals surface area (Å²) in [6.45, 7) is -0.369. The van der Waals surface area contributed by atoms with Gasteiger partial charge in [0, 0.05) is 17.5 Å². The summed E-state index contributed by atoms with van der Waals surface area (Å²) in [4.78, 5) is 39.0. The van der Waals surface area contributed by atoms with Crippen LogP contribution in [0.1, 0.15) is 5.56 Å². The molecular formula is C27H25N3O6. The second kappa shape index (κ2) is 11.1. The van der Waals surface area contributed by atoms with E-state index in [0.29, 0.717) is 34.3 Å². The lowest BCUT2D eigenvalue weighted by molar-refractivity contribution is -0.123. The van der Waals surface area contributed by atoms with E-state index in [9.17, 15) is 14.4 Å². The number of hydrogen-bond donors (Lipinski definition) is 2. The minimum Gasteiger partial charge on any atom is -0.493 e. The smallest absolute Gasteiger partial charge is 0.265 e. The van der Waals surface area contributed by atoms with Crippen molar-refractivity contribution < 1.29 is 28.6 Å². The van der Waals surface area contributed by atoms with Crippen molar-refractivity contribution >= 4 is 40.9 Å². The van der Waals surface area contributed by atoms with E-state index >= 15 is 0 Å². The Bertz CT molecular complexity index is 1310. The van der Waals surface area contributed by atoms with Gasteiger partial charge in [-0.2, -0.15) is 0 Å². The molecule has 36 heavy (non-hydrogen) atoms. The molecule has 1 aliphatic heterocycles. The van der Waals surface area contributed by atoms with Gasteiger partial charge in [0.2, 0.25) is 11.8 Å². The average molecular weight is 488 g/mol. The van der Waals surface area contributed by atoms with Crippen LogP contribution in [0.15, 0.2) is 72.8 Å². The highest BCUT2D eigenvalue weighted by atomic mass is 16.5. The molecule has 0 aromatic heterocycles. The minimum absolute atomic E-state index is 0.175. The Balaban J connectivity index is 1.46. The van der Waals surface area contributed by atoms with Crippen LogP contribution in [0, 0.1) is 0 Å². The predicted molar refractivity (Wildman–Crippen MR) is 137 cm³/mol. The minimum atomic E-state index is -0.374. The molecule has 0 spiro atoms. The Morgan fingerprint density at radius 2 is 1.72 bits per heavy atom. The molecule has 0 saturated carbocycles. The van der Waals surface area contributed by atoms with Crippen LogP contribution in [0.5, 0.6) is 17.2 Å². The molecule has 0 atom stereocenters. The quantitative estimate of drug-likeness (QED) is 0.469. The fourth-order valence-electron chi connectivity index (χ4n) is 3.63. The van der Waals surface area contributed by atoms with Crippen LogP contribution in [0.2, 0.25) is 0 Å². The van der Waals surface area contributed by atoms with Crippen LogP contribution in [0.4, 0.5) is 17.1 Å². The van der Waals surface area contributed by atoms with Crippen LogP contribution in [-0.4, -0.2) is 45.1 Å². The molecule has 1 heterocycles. The second-order valence-electron chi connectivity index (χ2n) is 7.80. The van der Waals surface area contributed by atoms with Gasteiger partial charge in [0.1, 0.15) is 12.3 Å². The average Bonchev–Trinajstić information content (AvgIpc) is 2.89. The highest BCUT2D eigenvalue weighted by molar-refractivity contribution is 6.06. The molecule has 9 heteroatoms. The number of amides is 3. The molecule has 4 rings (SSSR count). The van der Waals surface area contributed by atoms with Crippen LogP contribution >= 0.6 is 0 Å². The van der Waals surface area contributed by atoms with Gasteiger partial charge < -0.3 is 24.8 Å². The molecule has 3 amide bonds. The van der Waals surface area contributed by atoms with Gasteiger partial charge in [-0.15, -0.1) is 0 Å². The number of anilines is 3. The first-order valence-corrected chi connectivity index (χ1v) is 11.1. The van der Waals surface area contributed by atoms with Crippen molar-refractivity contribution in [3.05, 3.63) is 78.4 Å². The number of carbonyl (C=O) groups excluding carboxylic acids is 3. The van der Waals surface area contributed by atoms with Crippen molar-refractivity contribution in [2.75, 3.05) is 42.9 Å². The summed E-state index contributed by atoms with van der Waals surface area (Å²) in [5, 5.41) is 5.53. The molecule has 0 saturated heterocycles. The van der Waals surface area contributed by atoms with E-state index in [1.54, 1.807) is 73.8 Å². The standard InChI is InChI=1S/C27H25N3O6/c1-34-23-11-8-18(14-24(23)35-2)9-13-25(31)29-20-10-12-22-21(15-20)30(27(33)17-36-22)16-26(32)28-19-6-4-3-5-7-19/h3-15H,16-17H2,1-2H3,(H,28,32)(H,29,31)/b13-9+. The highest BCUT2D eigenvalue weighted by Gasteiger charge is 2.28. The molecule has 0 aliphatic carbocycles. The van der Waals surface area contributed by atoms with E-state index in [2.05, 4.69) is 10.6 Å². The number of hydrogen-bond acceptors (Lipinski definition) is 6. The summed E-state index contributed by atoms with van der Waals surface area (Å²) < 4.78 is 16.0. The molecule has 9 nitrogen and oxygen atoms in total. The normalized spacial score (nSPS) is 12.5. The third kappa shape index (κ3) is 5.82. The molecule has 3 aromatic rings. The van der Waals surface area contributed by atoms with Gasteiger partial charge in [-0.05, 0) is 54.1 Å². The van der Waals surface area contributed by atoms with Gasteiger partial charge in [-0.1, -0.05) is 24.3 Å². The summed E-state index contributed by atoms with van der Waals surface area (Å²) in [5.41, 5.74) is 2.23. The zero-order valence-electron chi connectivity index (χ0n) is 19.8. The van der Waals surface area contributed by atoms with Crippen molar-refractivity contribution in [2.45, 2.75) is 0 Å². The van der Waals surface area contributed by atoms with E-state index in [1.165, 1.54) is 18.1 Å². The van der Waals surface area contributed by atoms with Gasteiger partial charge >= 0.3 is 0 Å². The summed E-state index contributed by atoms with van der Waals surface area (Å²) in [6.07, 6.45) is 3.02. The van der Waals surface area contributed by atoms with E-state index in [4.69, 9.17) is 14.2 Å². The topological polar surface area (TPSA) is 106 Å². The first kappa shape index (κ1) is 24.3. The van der Waals surface area contributed by atoms with Crippen LogP contribution in [0.25, 0.3) is 6.08 Å². The number of methoxy groups -OCH3 is 2. The Hall–Kier alpha value is -4.79. The van der Waals surface area contributed by atoms with Crippen LogP contribution < -0.4 is 29.7 Å². The maximum absolute atomic E-state index is 12.6. The first-order valence-electron chi connectivity index (χ1n) is 11.1. The lowest BCUT2D eigenvalue weighted by Gasteiger charge is -2.29. The number of rotatable bonds is 8. The molecule has 2 N–H and O–H groups in total. The molecule has 1 aliphatic rings. The van der Waals surface area contributed by atoms with E-state index < -0.39 is 0 Å².